The number of likely N-dealkylation sites (tertiary alicyclic amines) is 1. The van der Waals surface area contributed by atoms with Gasteiger partial charge in [0.05, 0.1) is 22.5 Å². The van der Waals surface area contributed by atoms with Gasteiger partial charge in [0, 0.05) is 80.6 Å². The number of nitrogen functional groups attached to an aromatic ring is 1. The topological polar surface area (TPSA) is 186 Å². The minimum atomic E-state index is -0.998. The number of piperidine rings is 3. The van der Waals surface area contributed by atoms with Gasteiger partial charge in [-0.25, -0.2) is 0 Å². The maximum Gasteiger partial charge on any atom is 0.262 e. The smallest absolute Gasteiger partial charge is 0.262 e. The van der Waals surface area contributed by atoms with Crippen molar-refractivity contribution >= 4 is 52.4 Å². The number of imide groups is 2. The normalized spacial score (nSPS) is 23.3. The number of carbonyl (C=O) groups excluding carboxylic acids is 5. The lowest BCUT2D eigenvalue weighted by molar-refractivity contribution is -0.138. The van der Waals surface area contributed by atoms with Gasteiger partial charge in [0.2, 0.25) is 17.7 Å². The lowest BCUT2D eigenvalue weighted by atomic mass is 9.88. The summed E-state index contributed by atoms with van der Waals surface area (Å²) in [5, 5.41) is 21.2. The van der Waals surface area contributed by atoms with Crippen LogP contribution in [0.1, 0.15) is 77.6 Å². The van der Waals surface area contributed by atoms with Crippen molar-refractivity contribution in [3.05, 3.63) is 89.5 Å². The lowest BCUT2D eigenvalue weighted by Crippen LogP contribution is -2.54. The highest BCUT2D eigenvalue weighted by molar-refractivity contribution is 6.23. The Kier molecular flexibility index (Phi) is 10.3. The van der Waals surface area contributed by atoms with Crippen LogP contribution in [0, 0.1) is 11.8 Å². The number of piperazine rings is 1. The number of rotatable bonds is 8. The second kappa shape index (κ2) is 16.1. The first-order valence-corrected chi connectivity index (χ1v) is 22.0. The molecule has 5 amide bonds. The van der Waals surface area contributed by atoms with E-state index in [1.54, 1.807) is 24.3 Å². The number of aromatic nitrogens is 2. The quantitative estimate of drug-likeness (QED) is 0.213. The van der Waals surface area contributed by atoms with Crippen molar-refractivity contribution in [2.75, 3.05) is 59.7 Å². The molecule has 3 unspecified atom stereocenters. The Morgan fingerprint density at radius 2 is 1.47 bits per heavy atom. The van der Waals surface area contributed by atoms with E-state index >= 15 is 0 Å². The third-order valence-electron chi connectivity index (χ3n) is 14.1. The summed E-state index contributed by atoms with van der Waals surface area (Å²) in [7, 11) is 0. The zero-order chi connectivity index (χ0) is 42.6. The Morgan fingerprint density at radius 3 is 2.21 bits per heavy atom. The van der Waals surface area contributed by atoms with Crippen molar-refractivity contribution in [1.29, 1.82) is 0 Å². The summed E-state index contributed by atoms with van der Waals surface area (Å²) in [6.45, 7) is 4.50. The highest BCUT2D eigenvalue weighted by atomic mass is 16.3. The van der Waals surface area contributed by atoms with Crippen LogP contribution in [-0.4, -0.2) is 112 Å². The van der Waals surface area contributed by atoms with Crippen LogP contribution in [0.5, 0.6) is 5.75 Å². The van der Waals surface area contributed by atoms with E-state index in [-0.39, 0.29) is 41.5 Å². The number of para-hydroxylation sites is 1. The Hall–Kier alpha value is -6.51. The SMILES string of the molecule is Nc1nnc(-c2ccccc2O)cc1N1CC2CCC(C1)N2c1cccc(CC2CCN(C(=O)C3CCN(c4ccc5c(c4)C(=O)N(C4CCC(=O)NC4=O)C5=O)CC3)CC2)c1. The number of benzene rings is 3. The van der Waals surface area contributed by atoms with Crippen LogP contribution in [-0.2, 0) is 20.8 Å². The predicted molar refractivity (Wildman–Crippen MR) is 233 cm³/mol. The van der Waals surface area contributed by atoms with Crippen LogP contribution < -0.4 is 25.8 Å². The van der Waals surface area contributed by atoms with E-state index in [0.29, 0.717) is 61.0 Å². The first-order chi connectivity index (χ1) is 30.1. The molecule has 320 valence electrons. The van der Waals surface area contributed by atoms with E-state index in [0.717, 1.165) is 74.6 Å². The van der Waals surface area contributed by atoms with E-state index in [2.05, 4.69) is 59.4 Å². The number of hydrogen-bond donors (Lipinski definition) is 3. The van der Waals surface area contributed by atoms with Gasteiger partial charge in [-0.15, -0.1) is 10.2 Å². The van der Waals surface area contributed by atoms with Crippen molar-refractivity contribution in [2.45, 2.75) is 75.9 Å². The fourth-order valence-corrected chi connectivity index (χ4v) is 10.8. The van der Waals surface area contributed by atoms with E-state index < -0.39 is 29.7 Å². The number of anilines is 4. The number of aromatic hydroxyl groups is 1. The summed E-state index contributed by atoms with van der Waals surface area (Å²) in [5.41, 5.74) is 12.4. The fraction of sp³-hybridized carbons (Fsp3) is 0.426. The molecule has 6 aliphatic heterocycles. The van der Waals surface area contributed by atoms with Gasteiger partial charge in [0.1, 0.15) is 11.8 Å². The molecule has 6 aliphatic rings. The van der Waals surface area contributed by atoms with Gasteiger partial charge in [-0.2, -0.15) is 0 Å². The van der Waals surface area contributed by atoms with Crippen molar-refractivity contribution < 1.29 is 29.1 Å². The monoisotopic (exact) mass is 837 g/mol. The summed E-state index contributed by atoms with van der Waals surface area (Å²) >= 11 is 0. The summed E-state index contributed by atoms with van der Waals surface area (Å²) < 4.78 is 0. The van der Waals surface area contributed by atoms with Gasteiger partial charge in [-0.1, -0.05) is 24.3 Å². The van der Waals surface area contributed by atoms with Gasteiger partial charge in [-0.05, 0) is 111 Å². The van der Waals surface area contributed by atoms with Crippen LogP contribution in [0.4, 0.5) is 22.9 Å². The second-order valence-corrected chi connectivity index (χ2v) is 17.8. The molecule has 3 atom stereocenters. The molecular formula is C47H51N9O6. The van der Waals surface area contributed by atoms with Crippen LogP contribution in [0.2, 0.25) is 0 Å². The second-order valence-electron chi connectivity index (χ2n) is 17.8. The molecule has 15 nitrogen and oxygen atoms in total. The van der Waals surface area contributed by atoms with Gasteiger partial charge in [0.25, 0.3) is 11.8 Å². The number of phenolic OH excluding ortho intramolecular Hbond substituents is 1. The van der Waals surface area contributed by atoms with Gasteiger partial charge < -0.3 is 30.4 Å². The first kappa shape index (κ1) is 39.6. The zero-order valence-corrected chi connectivity index (χ0v) is 34.6. The minimum absolute atomic E-state index is 0.0541. The maximum atomic E-state index is 13.8. The number of nitrogens with two attached hydrogens (primary N) is 1. The third kappa shape index (κ3) is 7.26. The average molecular weight is 838 g/mol. The molecule has 0 aliphatic carbocycles. The molecule has 5 saturated heterocycles. The van der Waals surface area contributed by atoms with E-state index in [4.69, 9.17) is 5.73 Å². The molecule has 5 fully saturated rings. The number of phenols is 1. The highest BCUT2D eigenvalue weighted by Crippen LogP contribution is 2.40. The average Bonchev–Trinajstić information content (AvgIpc) is 3.70. The Balaban J connectivity index is 0.713. The summed E-state index contributed by atoms with van der Waals surface area (Å²) in [6.07, 6.45) is 6.75. The molecule has 62 heavy (non-hydrogen) atoms. The lowest BCUT2D eigenvalue weighted by Gasteiger charge is -2.43. The molecule has 0 spiro atoms. The van der Waals surface area contributed by atoms with Crippen molar-refractivity contribution in [2.24, 2.45) is 11.8 Å². The largest absolute Gasteiger partial charge is 0.507 e. The number of nitrogens with zero attached hydrogens (tertiary/aromatic N) is 7. The van der Waals surface area contributed by atoms with Crippen LogP contribution in [0.3, 0.4) is 0 Å². The molecule has 4 aromatic rings. The number of fused-ring (bicyclic) bond motifs is 3. The maximum absolute atomic E-state index is 13.8. The predicted octanol–water partition coefficient (Wildman–Crippen LogP) is 4.39. The standard InChI is InChI=1S/C47H51N9O6/c48-43-40(25-38(50-51-43)36-6-1-2-7-41(36)57)54-26-33-8-9-34(27-54)55(33)32-5-3-4-29(23-32)22-28-14-18-53(19-15-28)45(60)30-16-20-52(21-17-30)31-10-11-35-37(24-31)47(62)56(46(35)61)39-12-13-42(58)49-44(39)59/h1-7,10-11,23-25,28,30,33-34,39,57H,8-9,12-22,26-27H2,(H2,48,51)(H,49,58,59). The summed E-state index contributed by atoms with van der Waals surface area (Å²) in [4.78, 5) is 74.6. The minimum Gasteiger partial charge on any atom is -0.507 e. The zero-order valence-electron chi connectivity index (χ0n) is 34.6. The van der Waals surface area contributed by atoms with Crippen LogP contribution in [0.15, 0.2) is 72.8 Å². The molecule has 2 bridgehead atoms. The number of amides is 5. The molecule has 10 rings (SSSR count). The number of hydrogen-bond acceptors (Lipinski definition) is 12. The van der Waals surface area contributed by atoms with Crippen molar-refractivity contribution in [3.8, 4) is 17.0 Å². The molecule has 7 heterocycles. The molecule has 15 heteroatoms. The Labute approximate surface area is 359 Å². The first-order valence-electron chi connectivity index (χ1n) is 22.0. The molecule has 3 aromatic carbocycles. The van der Waals surface area contributed by atoms with Crippen molar-refractivity contribution in [3.63, 3.8) is 0 Å². The molecule has 1 aromatic heterocycles. The summed E-state index contributed by atoms with van der Waals surface area (Å²) in [5.74, 6) is -0.822. The van der Waals surface area contributed by atoms with E-state index in [9.17, 15) is 29.1 Å². The fourth-order valence-electron chi connectivity index (χ4n) is 10.8. The summed E-state index contributed by atoms with van der Waals surface area (Å²) in [6, 6.07) is 23.0. The molecule has 4 N–H and O–H groups in total. The van der Waals surface area contributed by atoms with Crippen LogP contribution >= 0.6 is 0 Å². The van der Waals surface area contributed by atoms with Crippen molar-refractivity contribution in [1.82, 2.24) is 25.3 Å². The molecule has 0 saturated carbocycles. The van der Waals surface area contributed by atoms with Gasteiger partial charge in [0.15, 0.2) is 5.82 Å². The van der Waals surface area contributed by atoms with Gasteiger partial charge in [-0.3, -0.25) is 34.2 Å². The Bertz CT molecular complexity index is 2450. The Morgan fingerprint density at radius 1 is 0.726 bits per heavy atom. The van der Waals surface area contributed by atoms with Gasteiger partial charge >= 0.3 is 0 Å². The molecule has 0 radical (unpaired) electrons. The highest BCUT2D eigenvalue weighted by Gasteiger charge is 2.45. The number of carbonyl (C=O) groups is 5. The van der Waals surface area contributed by atoms with E-state index in [1.165, 1.54) is 11.3 Å². The number of nitrogens with one attached hydrogen (secondary N) is 1. The van der Waals surface area contributed by atoms with E-state index in [1.807, 2.05) is 24.3 Å². The third-order valence-corrected chi connectivity index (χ3v) is 14.1. The molecular weight excluding hydrogens is 787 g/mol. The van der Waals surface area contributed by atoms with Crippen LogP contribution in [0.25, 0.3) is 11.3 Å².